The molecule has 1 amide bonds. The molecule has 0 saturated carbocycles. The fourth-order valence-electron chi connectivity index (χ4n) is 3.94. The molecule has 0 unspecified atom stereocenters. The van der Waals surface area contributed by atoms with Crippen LogP contribution < -0.4 is 10.2 Å². The molecular formula is C21H25N7O. The van der Waals surface area contributed by atoms with Crippen LogP contribution in [0.5, 0.6) is 0 Å². The summed E-state index contributed by atoms with van der Waals surface area (Å²) < 4.78 is 1.61. The summed E-state index contributed by atoms with van der Waals surface area (Å²) in [7, 11) is 0. The number of aryl methyl sites for hydroxylation is 3. The van der Waals surface area contributed by atoms with Gasteiger partial charge in [0.15, 0.2) is 5.82 Å². The van der Waals surface area contributed by atoms with Gasteiger partial charge in [-0.1, -0.05) is 17.7 Å². The minimum absolute atomic E-state index is 0.00276. The van der Waals surface area contributed by atoms with Crippen LogP contribution in [-0.4, -0.2) is 43.7 Å². The number of nitrogens with zero attached hydrogens (tertiary/aromatic N) is 6. The van der Waals surface area contributed by atoms with Gasteiger partial charge in [-0.25, -0.2) is 19.6 Å². The van der Waals surface area contributed by atoms with Crippen molar-refractivity contribution in [2.24, 2.45) is 5.92 Å². The van der Waals surface area contributed by atoms with Crippen molar-refractivity contribution in [1.82, 2.24) is 24.7 Å². The molecule has 1 saturated heterocycles. The van der Waals surface area contributed by atoms with E-state index in [-0.39, 0.29) is 11.8 Å². The Morgan fingerprint density at radius 3 is 2.34 bits per heavy atom. The van der Waals surface area contributed by atoms with Gasteiger partial charge in [-0.3, -0.25) is 4.79 Å². The van der Waals surface area contributed by atoms with Gasteiger partial charge >= 0.3 is 0 Å². The molecule has 8 heteroatoms. The molecule has 1 aliphatic rings. The third-order valence-electron chi connectivity index (χ3n) is 5.41. The molecule has 0 atom stereocenters. The Kier molecular flexibility index (Phi) is 5.24. The number of hydrogen-bond donors (Lipinski definition) is 1. The molecule has 3 heterocycles. The average molecular weight is 391 g/mol. The molecule has 8 nitrogen and oxygen atoms in total. The summed E-state index contributed by atoms with van der Waals surface area (Å²) in [4.78, 5) is 27.6. The summed E-state index contributed by atoms with van der Waals surface area (Å²) in [6, 6.07) is 6.11. The third-order valence-corrected chi connectivity index (χ3v) is 5.41. The standard InChI is InChI=1S/C21H25N7O/c1-14-8-15(2)20(16(3)9-14)26-21(29)17-4-6-27(7-5-17)18-10-19(24-12-23-18)28-13-22-11-25-28/h8-13,17H,4-7H2,1-3H3,(H,26,29). The number of anilines is 2. The lowest BCUT2D eigenvalue weighted by Crippen LogP contribution is -2.38. The van der Waals surface area contributed by atoms with Crippen molar-refractivity contribution in [3.63, 3.8) is 0 Å². The van der Waals surface area contributed by atoms with Crippen LogP contribution in [0.25, 0.3) is 5.82 Å². The molecule has 3 aromatic rings. The molecule has 1 aliphatic heterocycles. The molecule has 1 fully saturated rings. The molecular weight excluding hydrogens is 366 g/mol. The maximum absolute atomic E-state index is 12.8. The first kappa shape index (κ1) is 19.0. The molecule has 0 aliphatic carbocycles. The first-order valence-corrected chi connectivity index (χ1v) is 9.82. The van der Waals surface area contributed by atoms with Gasteiger partial charge in [-0.2, -0.15) is 5.10 Å². The summed E-state index contributed by atoms with van der Waals surface area (Å²) >= 11 is 0. The number of hydrogen-bond acceptors (Lipinski definition) is 6. The minimum atomic E-state index is 0.00276. The van der Waals surface area contributed by atoms with Gasteiger partial charge in [0.1, 0.15) is 24.8 Å². The molecule has 2 aromatic heterocycles. The maximum Gasteiger partial charge on any atom is 0.227 e. The van der Waals surface area contributed by atoms with Crippen LogP contribution in [0.15, 0.2) is 37.2 Å². The van der Waals surface area contributed by atoms with E-state index in [1.807, 2.05) is 19.9 Å². The van der Waals surface area contributed by atoms with Crippen LogP contribution in [0.4, 0.5) is 11.5 Å². The predicted molar refractivity (Wildman–Crippen MR) is 111 cm³/mol. The first-order valence-electron chi connectivity index (χ1n) is 9.82. The third kappa shape index (κ3) is 4.11. The van der Waals surface area contributed by atoms with Gasteiger partial charge in [0, 0.05) is 30.8 Å². The molecule has 150 valence electrons. The molecule has 4 rings (SSSR count). The zero-order chi connectivity index (χ0) is 20.4. The number of rotatable bonds is 4. The van der Waals surface area contributed by atoms with E-state index in [4.69, 9.17) is 0 Å². The van der Waals surface area contributed by atoms with Crippen LogP contribution in [-0.2, 0) is 4.79 Å². The Bertz CT molecular complexity index is 985. The lowest BCUT2D eigenvalue weighted by atomic mass is 9.95. The summed E-state index contributed by atoms with van der Waals surface area (Å²) in [5, 5.41) is 7.27. The fraction of sp³-hybridized carbons (Fsp3) is 0.381. The van der Waals surface area contributed by atoms with Crippen molar-refractivity contribution < 1.29 is 4.79 Å². The number of carbonyl (C=O) groups is 1. The van der Waals surface area contributed by atoms with Crippen LogP contribution in [0.1, 0.15) is 29.5 Å². The van der Waals surface area contributed by atoms with E-state index in [1.165, 1.54) is 18.2 Å². The first-order chi connectivity index (χ1) is 14.0. The highest BCUT2D eigenvalue weighted by Crippen LogP contribution is 2.26. The lowest BCUT2D eigenvalue weighted by molar-refractivity contribution is -0.120. The van der Waals surface area contributed by atoms with Crippen molar-refractivity contribution in [3.05, 3.63) is 53.9 Å². The van der Waals surface area contributed by atoms with Crippen molar-refractivity contribution >= 4 is 17.4 Å². The van der Waals surface area contributed by atoms with Crippen LogP contribution in [0, 0.1) is 26.7 Å². The number of nitrogens with one attached hydrogen (secondary N) is 1. The van der Waals surface area contributed by atoms with Crippen molar-refractivity contribution in [1.29, 1.82) is 0 Å². The molecule has 1 N–H and O–H groups in total. The summed E-state index contributed by atoms with van der Waals surface area (Å²) in [5.41, 5.74) is 4.36. The van der Waals surface area contributed by atoms with Crippen molar-refractivity contribution in [2.45, 2.75) is 33.6 Å². The topological polar surface area (TPSA) is 88.8 Å². The van der Waals surface area contributed by atoms with E-state index < -0.39 is 0 Å². The number of piperidine rings is 1. The van der Waals surface area contributed by atoms with Gasteiger partial charge in [-0.05, 0) is 44.7 Å². The van der Waals surface area contributed by atoms with Crippen LogP contribution >= 0.6 is 0 Å². The zero-order valence-corrected chi connectivity index (χ0v) is 17.0. The second-order valence-corrected chi connectivity index (χ2v) is 7.60. The Morgan fingerprint density at radius 1 is 1.00 bits per heavy atom. The van der Waals surface area contributed by atoms with E-state index in [9.17, 15) is 4.79 Å². The smallest absolute Gasteiger partial charge is 0.227 e. The SMILES string of the molecule is Cc1cc(C)c(NC(=O)C2CCN(c3cc(-n4cncn4)ncn3)CC2)c(C)c1. The molecule has 0 spiro atoms. The monoisotopic (exact) mass is 391 g/mol. The highest BCUT2D eigenvalue weighted by atomic mass is 16.1. The minimum Gasteiger partial charge on any atom is -0.356 e. The normalized spacial score (nSPS) is 14.8. The van der Waals surface area contributed by atoms with Gasteiger partial charge in [0.2, 0.25) is 5.91 Å². The van der Waals surface area contributed by atoms with Crippen molar-refractivity contribution in [2.75, 3.05) is 23.3 Å². The Balaban J connectivity index is 1.40. The number of amides is 1. The predicted octanol–water partition coefficient (Wildman–Crippen LogP) is 2.84. The zero-order valence-electron chi connectivity index (χ0n) is 17.0. The van der Waals surface area contributed by atoms with E-state index in [0.29, 0.717) is 5.82 Å². The second-order valence-electron chi connectivity index (χ2n) is 7.60. The second kappa shape index (κ2) is 7.98. The van der Waals surface area contributed by atoms with Gasteiger partial charge in [0.25, 0.3) is 0 Å². The Morgan fingerprint density at radius 2 is 1.69 bits per heavy atom. The van der Waals surface area contributed by atoms with Gasteiger partial charge in [0.05, 0.1) is 0 Å². The molecule has 29 heavy (non-hydrogen) atoms. The quantitative estimate of drug-likeness (QED) is 0.736. The van der Waals surface area contributed by atoms with Gasteiger partial charge < -0.3 is 10.2 Å². The van der Waals surface area contributed by atoms with E-state index >= 15 is 0 Å². The Labute approximate surface area is 170 Å². The van der Waals surface area contributed by atoms with E-state index in [1.54, 1.807) is 11.0 Å². The van der Waals surface area contributed by atoms with Crippen LogP contribution in [0.3, 0.4) is 0 Å². The van der Waals surface area contributed by atoms with Gasteiger partial charge in [-0.15, -0.1) is 0 Å². The number of aromatic nitrogens is 5. The summed E-state index contributed by atoms with van der Waals surface area (Å²) in [6.45, 7) is 7.71. The van der Waals surface area contributed by atoms with E-state index in [2.05, 4.69) is 49.3 Å². The molecule has 1 aromatic carbocycles. The highest BCUT2D eigenvalue weighted by molar-refractivity contribution is 5.94. The highest BCUT2D eigenvalue weighted by Gasteiger charge is 2.26. The average Bonchev–Trinajstić information content (AvgIpc) is 3.26. The fourth-order valence-corrected chi connectivity index (χ4v) is 3.94. The van der Waals surface area contributed by atoms with Crippen molar-refractivity contribution in [3.8, 4) is 5.82 Å². The Hall–Kier alpha value is -3.29. The summed E-state index contributed by atoms with van der Waals surface area (Å²) in [6.07, 6.45) is 6.20. The number of benzene rings is 1. The molecule has 0 bridgehead atoms. The largest absolute Gasteiger partial charge is 0.356 e. The number of carbonyl (C=O) groups excluding carboxylic acids is 1. The maximum atomic E-state index is 12.8. The summed E-state index contributed by atoms with van der Waals surface area (Å²) in [5.74, 6) is 1.63. The van der Waals surface area contributed by atoms with E-state index in [0.717, 1.165) is 48.6 Å². The van der Waals surface area contributed by atoms with Crippen LogP contribution in [0.2, 0.25) is 0 Å². The molecule has 0 radical (unpaired) electrons. The lowest BCUT2D eigenvalue weighted by Gasteiger charge is -2.32.